The van der Waals surface area contributed by atoms with Gasteiger partial charge in [-0.1, -0.05) is 36.4 Å². The first-order chi connectivity index (χ1) is 5.38. The number of rotatable bonds is 0. The van der Waals surface area contributed by atoms with Gasteiger partial charge in [0, 0.05) is 11.1 Å². The predicted octanol–water partition coefficient (Wildman–Crippen LogP) is 2.42. The van der Waals surface area contributed by atoms with Crippen LogP contribution in [0.5, 0.6) is 0 Å². The largest absolute Gasteiger partial charge is 0.398 e. The summed E-state index contributed by atoms with van der Waals surface area (Å²) in [4.78, 5) is 0. The highest BCUT2D eigenvalue weighted by molar-refractivity contribution is 5.92. The second-order valence-corrected chi connectivity index (χ2v) is 2.57. The van der Waals surface area contributed by atoms with Crippen LogP contribution in [0, 0.1) is 0 Å². The highest BCUT2D eigenvalue weighted by Crippen LogP contribution is 2.19. The zero-order chi connectivity index (χ0) is 7.68. The Bertz CT molecular complexity index is 374. The SMILES string of the molecule is [15NH2]c1cccc2ccccc12. The minimum Gasteiger partial charge on any atom is -0.398 e. The van der Waals surface area contributed by atoms with E-state index in [1.165, 1.54) is 5.39 Å². The molecule has 0 aliphatic rings. The fourth-order valence-electron chi connectivity index (χ4n) is 1.25. The van der Waals surface area contributed by atoms with Crippen LogP contribution in [0.1, 0.15) is 0 Å². The van der Waals surface area contributed by atoms with E-state index < -0.39 is 0 Å². The van der Waals surface area contributed by atoms with Crippen molar-refractivity contribution in [3.05, 3.63) is 42.5 Å². The molecule has 0 unspecified atom stereocenters. The van der Waals surface area contributed by atoms with Crippen LogP contribution in [0.2, 0.25) is 0 Å². The Morgan fingerprint density at radius 2 is 1.55 bits per heavy atom. The first-order valence-corrected chi connectivity index (χ1v) is 3.61. The highest BCUT2D eigenvalue weighted by Gasteiger charge is 1.92. The Morgan fingerprint density at radius 1 is 0.818 bits per heavy atom. The molecule has 1 nitrogen and oxygen atoms in total. The summed E-state index contributed by atoms with van der Waals surface area (Å²) >= 11 is 0. The van der Waals surface area contributed by atoms with E-state index in [9.17, 15) is 0 Å². The van der Waals surface area contributed by atoms with E-state index in [4.69, 9.17) is 5.73 Å². The minimum atomic E-state index is 0.850. The molecule has 0 radical (unpaired) electrons. The van der Waals surface area contributed by atoms with Crippen LogP contribution in [0.25, 0.3) is 10.8 Å². The molecule has 1 heteroatoms. The molecule has 54 valence electrons. The number of hydrogen-bond donors (Lipinski definition) is 1. The van der Waals surface area contributed by atoms with Gasteiger partial charge in [-0.05, 0) is 11.5 Å². The molecule has 0 atom stereocenters. The Kier molecular flexibility index (Phi) is 1.29. The number of hydrogen-bond acceptors (Lipinski definition) is 1. The second kappa shape index (κ2) is 2.27. The standard InChI is InChI=1S/C10H9N/c11-10-7-3-5-8-4-1-2-6-9(8)10/h1-7H,11H2/i11+1. The second-order valence-electron chi connectivity index (χ2n) is 2.57. The molecule has 0 heterocycles. The van der Waals surface area contributed by atoms with Crippen LogP contribution >= 0.6 is 0 Å². The van der Waals surface area contributed by atoms with Crippen molar-refractivity contribution < 1.29 is 0 Å². The van der Waals surface area contributed by atoms with Gasteiger partial charge in [0.25, 0.3) is 0 Å². The van der Waals surface area contributed by atoms with Gasteiger partial charge < -0.3 is 5.73 Å². The van der Waals surface area contributed by atoms with Crippen LogP contribution in [-0.2, 0) is 0 Å². The van der Waals surface area contributed by atoms with Crippen molar-refractivity contribution in [2.24, 2.45) is 0 Å². The zero-order valence-electron chi connectivity index (χ0n) is 6.12. The molecule has 0 amide bonds. The van der Waals surface area contributed by atoms with E-state index in [0.29, 0.717) is 0 Å². The van der Waals surface area contributed by atoms with Crippen LogP contribution in [0.4, 0.5) is 5.69 Å². The lowest BCUT2D eigenvalue weighted by Gasteiger charge is -1.98. The van der Waals surface area contributed by atoms with Crippen molar-refractivity contribution in [2.75, 3.05) is 5.73 Å². The summed E-state index contributed by atoms with van der Waals surface area (Å²) in [6.07, 6.45) is 0. The summed E-state index contributed by atoms with van der Waals surface area (Å²) in [5.74, 6) is 0. The number of nitrogen functional groups attached to an aromatic ring is 1. The van der Waals surface area contributed by atoms with Crippen molar-refractivity contribution >= 4 is 16.5 Å². The number of nitrogens with two attached hydrogens (primary N) is 1. The summed E-state index contributed by atoms with van der Waals surface area (Å²) in [5, 5.41) is 2.34. The monoisotopic (exact) mass is 144 g/mol. The van der Waals surface area contributed by atoms with E-state index in [1.54, 1.807) is 0 Å². The molecule has 0 spiro atoms. The topological polar surface area (TPSA) is 26.0 Å². The maximum atomic E-state index is 5.76. The molecule has 11 heavy (non-hydrogen) atoms. The van der Waals surface area contributed by atoms with Crippen LogP contribution < -0.4 is 5.73 Å². The van der Waals surface area contributed by atoms with E-state index in [1.807, 2.05) is 30.3 Å². The quantitative estimate of drug-likeness (QED) is 0.446. The third-order valence-electron chi connectivity index (χ3n) is 1.82. The normalized spacial score (nSPS) is 10.2. The average Bonchev–Trinajstić information content (AvgIpc) is 2.06. The molecular weight excluding hydrogens is 135 g/mol. The van der Waals surface area contributed by atoms with Gasteiger partial charge in [0.05, 0.1) is 0 Å². The van der Waals surface area contributed by atoms with Crippen LogP contribution in [0.15, 0.2) is 42.5 Å². The Labute approximate surface area is 65.5 Å². The maximum absolute atomic E-state index is 5.76. The van der Waals surface area contributed by atoms with Gasteiger partial charge in [-0.15, -0.1) is 0 Å². The molecule has 2 N–H and O–H groups in total. The number of fused-ring (bicyclic) bond motifs is 1. The number of anilines is 1. The molecule has 2 aromatic carbocycles. The Balaban J connectivity index is 2.91. The molecule has 0 fully saturated rings. The molecule has 0 bridgehead atoms. The lowest BCUT2D eigenvalue weighted by Crippen LogP contribution is -1.84. The van der Waals surface area contributed by atoms with E-state index in [-0.39, 0.29) is 0 Å². The summed E-state index contributed by atoms with van der Waals surface area (Å²) in [7, 11) is 0. The molecule has 0 aromatic heterocycles. The third kappa shape index (κ3) is 0.944. The molecule has 0 aliphatic carbocycles. The molecule has 0 saturated heterocycles. The van der Waals surface area contributed by atoms with Crippen molar-refractivity contribution in [1.82, 2.24) is 0 Å². The van der Waals surface area contributed by atoms with Gasteiger partial charge in [0.1, 0.15) is 0 Å². The lowest BCUT2D eigenvalue weighted by molar-refractivity contribution is 1.73. The van der Waals surface area contributed by atoms with Crippen molar-refractivity contribution in [3.63, 3.8) is 0 Å². The third-order valence-corrected chi connectivity index (χ3v) is 1.82. The van der Waals surface area contributed by atoms with E-state index in [2.05, 4.69) is 12.1 Å². The van der Waals surface area contributed by atoms with Crippen molar-refractivity contribution in [2.45, 2.75) is 0 Å². The Hall–Kier alpha value is -1.50. The van der Waals surface area contributed by atoms with Gasteiger partial charge in [0.15, 0.2) is 0 Å². The smallest absolute Gasteiger partial charge is 0.0393 e. The fraction of sp³-hybridized carbons (Fsp3) is 0. The Morgan fingerprint density at radius 3 is 2.36 bits per heavy atom. The minimum absolute atomic E-state index is 0.850. The van der Waals surface area contributed by atoms with E-state index in [0.717, 1.165) is 11.1 Å². The summed E-state index contributed by atoms with van der Waals surface area (Å²) in [6, 6.07) is 14.1. The molecule has 0 aliphatic heterocycles. The first-order valence-electron chi connectivity index (χ1n) is 3.61. The fourth-order valence-corrected chi connectivity index (χ4v) is 1.25. The highest BCUT2D eigenvalue weighted by atomic mass is 15.3. The van der Waals surface area contributed by atoms with E-state index >= 15 is 0 Å². The van der Waals surface area contributed by atoms with Gasteiger partial charge in [-0.25, -0.2) is 0 Å². The van der Waals surface area contributed by atoms with Gasteiger partial charge >= 0.3 is 0 Å². The molecular formula is C10H9N. The van der Waals surface area contributed by atoms with Crippen LogP contribution in [-0.4, -0.2) is 0 Å². The lowest BCUT2D eigenvalue weighted by atomic mass is 10.1. The predicted molar refractivity (Wildman–Crippen MR) is 48.4 cm³/mol. The number of benzene rings is 2. The van der Waals surface area contributed by atoms with Gasteiger partial charge in [0.2, 0.25) is 0 Å². The van der Waals surface area contributed by atoms with Gasteiger partial charge in [-0.2, -0.15) is 0 Å². The first kappa shape index (κ1) is 6.23. The zero-order valence-corrected chi connectivity index (χ0v) is 6.12. The molecule has 0 saturated carbocycles. The summed E-state index contributed by atoms with van der Waals surface area (Å²) in [6.45, 7) is 0. The molecule has 2 aromatic rings. The average molecular weight is 144 g/mol. The summed E-state index contributed by atoms with van der Waals surface area (Å²) in [5.41, 5.74) is 6.61. The van der Waals surface area contributed by atoms with Crippen molar-refractivity contribution in [1.29, 1.82) is 0 Å². The van der Waals surface area contributed by atoms with Crippen LogP contribution in [0.3, 0.4) is 0 Å². The van der Waals surface area contributed by atoms with Crippen molar-refractivity contribution in [3.8, 4) is 0 Å². The maximum Gasteiger partial charge on any atom is 0.0393 e. The molecule has 2 rings (SSSR count). The summed E-state index contributed by atoms with van der Waals surface area (Å²) < 4.78 is 0. The van der Waals surface area contributed by atoms with Gasteiger partial charge in [-0.3, -0.25) is 0 Å².